The molecular weight excluding hydrogens is 332 g/mol. The number of nitrogens with one attached hydrogen (secondary N) is 2. The molecule has 1 aromatic carbocycles. The molecule has 0 radical (unpaired) electrons. The third kappa shape index (κ3) is 3.39. The molecule has 0 fully saturated rings. The minimum atomic E-state index is -0.232. The Morgan fingerprint density at radius 1 is 1.08 bits per heavy atom. The number of pyridine rings is 1. The van der Waals surface area contributed by atoms with Gasteiger partial charge in [0.1, 0.15) is 5.65 Å². The fraction of sp³-hybridized carbons (Fsp3) is 0.0526. The second-order valence-corrected chi connectivity index (χ2v) is 6.56. The third-order valence-electron chi connectivity index (χ3n) is 3.82. The number of anilines is 1. The number of thiophene rings is 1. The van der Waals surface area contributed by atoms with E-state index < -0.39 is 0 Å². The Bertz CT molecular complexity index is 974. The van der Waals surface area contributed by atoms with Crippen LogP contribution in [-0.4, -0.2) is 15.4 Å². The molecule has 0 aliphatic heterocycles. The Labute approximate surface area is 149 Å². The van der Waals surface area contributed by atoms with Crippen LogP contribution in [0.1, 0.15) is 4.88 Å². The van der Waals surface area contributed by atoms with E-state index in [0.29, 0.717) is 6.54 Å². The summed E-state index contributed by atoms with van der Waals surface area (Å²) in [6, 6.07) is 17.3. The van der Waals surface area contributed by atoms with Gasteiger partial charge in [-0.3, -0.25) is 0 Å². The first-order valence-electron chi connectivity index (χ1n) is 7.90. The van der Waals surface area contributed by atoms with E-state index in [2.05, 4.69) is 15.6 Å². The van der Waals surface area contributed by atoms with Crippen LogP contribution in [0.5, 0.6) is 0 Å². The first kappa shape index (κ1) is 15.4. The summed E-state index contributed by atoms with van der Waals surface area (Å²) in [6.07, 6.45) is 3.91. The predicted octanol–water partition coefficient (Wildman–Crippen LogP) is 4.38. The van der Waals surface area contributed by atoms with Gasteiger partial charge in [0.05, 0.1) is 17.9 Å². The lowest BCUT2D eigenvalue weighted by Gasteiger charge is -2.10. The van der Waals surface area contributed by atoms with Gasteiger partial charge in [-0.2, -0.15) is 0 Å². The fourth-order valence-electron chi connectivity index (χ4n) is 2.63. The summed E-state index contributed by atoms with van der Waals surface area (Å²) in [5.41, 5.74) is 3.31. The number of rotatable bonds is 4. The molecule has 0 aliphatic carbocycles. The Balaban J connectivity index is 1.55. The van der Waals surface area contributed by atoms with Crippen LogP contribution in [0.4, 0.5) is 10.5 Å². The normalized spacial score (nSPS) is 10.7. The molecular formula is C19H16N4OS. The molecule has 25 heavy (non-hydrogen) atoms. The summed E-state index contributed by atoms with van der Waals surface area (Å²) < 4.78 is 1.96. The quantitative estimate of drug-likeness (QED) is 0.575. The van der Waals surface area contributed by atoms with Gasteiger partial charge in [-0.15, -0.1) is 11.3 Å². The predicted molar refractivity (Wildman–Crippen MR) is 101 cm³/mol. The van der Waals surface area contributed by atoms with Crippen LogP contribution in [0.15, 0.2) is 72.4 Å². The van der Waals surface area contributed by atoms with Crippen molar-refractivity contribution in [1.29, 1.82) is 0 Å². The number of imidazole rings is 1. The van der Waals surface area contributed by atoms with Crippen LogP contribution in [0.25, 0.3) is 16.9 Å². The number of hydrogen-bond acceptors (Lipinski definition) is 3. The molecule has 0 saturated carbocycles. The summed E-state index contributed by atoms with van der Waals surface area (Å²) in [6.45, 7) is 0.514. The molecule has 0 atom stereocenters. The number of nitrogens with zero attached hydrogens (tertiary/aromatic N) is 2. The van der Waals surface area contributed by atoms with Crippen LogP contribution >= 0.6 is 11.3 Å². The maximum absolute atomic E-state index is 12.2. The van der Waals surface area contributed by atoms with Gasteiger partial charge in [0.25, 0.3) is 0 Å². The van der Waals surface area contributed by atoms with Gasteiger partial charge >= 0.3 is 6.03 Å². The number of fused-ring (bicyclic) bond motifs is 1. The zero-order valence-corrected chi connectivity index (χ0v) is 14.2. The van der Waals surface area contributed by atoms with Gasteiger partial charge in [-0.05, 0) is 29.6 Å². The highest BCUT2D eigenvalue weighted by Crippen LogP contribution is 2.27. The van der Waals surface area contributed by atoms with Crippen molar-refractivity contribution in [2.75, 3.05) is 5.32 Å². The summed E-state index contributed by atoms with van der Waals surface area (Å²) in [5.74, 6) is 0. The first-order chi connectivity index (χ1) is 12.3. The number of hydrogen-bond donors (Lipinski definition) is 2. The molecule has 4 aromatic rings. The minimum Gasteiger partial charge on any atom is -0.333 e. The molecule has 0 bridgehead atoms. The molecule has 3 aromatic heterocycles. The number of aromatic nitrogens is 2. The van der Waals surface area contributed by atoms with E-state index in [-0.39, 0.29) is 6.03 Å². The van der Waals surface area contributed by atoms with Crippen molar-refractivity contribution in [1.82, 2.24) is 14.7 Å². The summed E-state index contributed by atoms with van der Waals surface area (Å²) in [5, 5.41) is 7.79. The zero-order chi connectivity index (χ0) is 17.1. The summed E-state index contributed by atoms with van der Waals surface area (Å²) in [4.78, 5) is 18.0. The Hall–Kier alpha value is -3.12. The van der Waals surface area contributed by atoms with Crippen LogP contribution in [0, 0.1) is 0 Å². The number of carbonyl (C=O) groups excluding carboxylic acids is 1. The highest BCUT2D eigenvalue weighted by Gasteiger charge is 2.11. The maximum atomic E-state index is 12.2. The van der Waals surface area contributed by atoms with Crippen molar-refractivity contribution in [3.05, 3.63) is 77.2 Å². The molecule has 124 valence electrons. The van der Waals surface area contributed by atoms with E-state index in [1.807, 2.05) is 76.8 Å². The molecule has 2 amide bonds. The minimum absolute atomic E-state index is 0.232. The van der Waals surface area contributed by atoms with Crippen molar-refractivity contribution < 1.29 is 4.79 Å². The van der Waals surface area contributed by atoms with Crippen LogP contribution < -0.4 is 10.6 Å². The first-order valence-corrected chi connectivity index (χ1v) is 8.78. The lowest BCUT2D eigenvalue weighted by atomic mass is 10.1. The third-order valence-corrected chi connectivity index (χ3v) is 4.69. The van der Waals surface area contributed by atoms with E-state index >= 15 is 0 Å². The van der Waals surface area contributed by atoms with E-state index in [1.54, 1.807) is 11.3 Å². The number of para-hydroxylation sites is 1. The van der Waals surface area contributed by atoms with Gasteiger partial charge in [0.15, 0.2) is 0 Å². The summed E-state index contributed by atoms with van der Waals surface area (Å²) >= 11 is 1.62. The molecule has 3 heterocycles. The molecule has 2 N–H and O–H groups in total. The average Bonchev–Trinajstić information content (AvgIpc) is 3.30. The molecule has 4 rings (SSSR count). The van der Waals surface area contributed by atoms with Crippen LogP contribution in [0.2, 0.25) is 0 Å². The van der Waals surface area contributed by atoms with Crippen molar-refractivity contribution in [2.24, 2.45) is 0 Å². The molecule has 6 heteroatoms. The van der Waals surface area contributed by atoms with E-state index in [1.165, 1.54) is 0 Å². The SMILES string of the molecule is O=C(NCc1cccs1)Nc1ccccc1-c1cn2ccccc2n1. The maximum Gasteiger partial charge on any atom is 0.319 e. The molecule has 0 unspecified atom stereocenters. The monoisotopic (exact) mass is 348 g/mol. The van der Waals surface area contributed by atoms with E-state index in [0.717, 1.165) is 27.5 Å². The van der Waals surface area contributed by atoms with Crippen LogP contribution in [0.3, 0.4) is 0 Å². The highest BCUT2D eigenvalue weighted by molar-refractivity contribution is 7.09. The number of benzene rings is 1. The molecule has 5 nitrogen and oxygen atoms in total. The van der Waals surface area contributed by atoms with Gasteiger partial charge in [0, 0.05) is 22.8 Å². The average molecular weight is 348 g/mol. The Morgan fingerprint density at radius 3 is 2.80 bits per heavy atom. The highest BCUT2D eigenvalue weighted by atomic mass is 32.1. The lowest BCUT2D eigenvalue weighted by Crippen LogP contribution is -2.28. The Kier molecular flexibility index (Phi) is 4.18. The second-order valence-electron chi connectivity index (χ2n) is 5.52. The van der Waals surface area contributed by atoms with Crippen molar-refractivity contribution in [3.8, 4) is 11.3 Å². The molecule has 0 aliphatic rings. The smallest absolute Gasteiger partial charge is 0.319 e. The fourth-order valence-corrected chi connectivity index (χ4v) is 3.27. The summed E-state index contributed by atoms with van der Waals surface area (Å²) in [7, 11) is 0. The van der Waals surface area contributed by atoms with E-state index in [9.17, 15) is 4.79 Å². The lowest BCUT2D eigenvalue weighted by molar-refractivity contribution is 0.252. The van der Waals surface area contributed by atoms with Gasteiger partial charge in [-0.25, -0.2) is 9.78 Å². The molecule has 0 saturated heterocycles. The van der Waals surface area contributed by atoms with Gasteiger partial charge in [0.2, 0.25) is 0 Å². The molecule has 0 spiro atoms. The van der Waals surface area contributed by atoms with Crippen molar-refractivity contribution in [2.45, 2.75) is 6.54 Å². The van der Waals surface area contributed by atoms with Gasteiger partial charge in [-0.1, -0.05) is 30.3 Å². The number of urea groups is 1. The topological polar surface area (TPSA) is 58.4 Å². The van der Waals surface area contributed by atoms with Crippen LogP contribution in [-0.2, 0) is 6.54 Å². The number of carbonyl (C=O) groups is 1. The van der Waals surface area contributed by atoms with E-state index in [4.69, 9.17) is 0 Å². The number of amides is 2. The van der Waals surface area contributed by atoms with Crippen molar-refractivity contribution in [3.63, 3.8) is 0 Å². The largest absolute Gasteiger partial charge is 0.333 e. The van der Waals surface area contributed by atoms with Gasteiger partial charge < -0.3 is 15.0 Å². The Morgan fingerprint density at radius 2 is 1.96 bits per heavy atom. The standard InChI is InChI=1S/C19H16N4OS/c24-19(20-12-14-6-5-11-25-14)22-16-8-2-1-7-15(16)17-13-23-10-4-3-9-18(23)21-17/h1-11,13H,12H2,(H2,20,22,24). The van der Waals surface area contributed by atoms with Crippen molar-refractivity contribution >= 4 is 28.7 Å². The zero-order valence-electron chi connectivity index (χ0n) is 13.3. The second kappa shape index (κ2) is 6.78.